The summed E-state index contributed by atoms with van der Waals surface area (Å²) in [4.78, 5) is 16.2. The number of benzene rings is 2. The van der Waals surface area contributed by atoms with E-state index in [1.165, 1.54) is 12.1 Å². The molecule has 27 heavy (non-hydrogen) atoms. The highest BCUT2D eigenvalue weighted by Gasteiger charge is 2.35. The van der Waals surface area contributed by atoms with Gasteiger partial charge in [-0.25, -0.2) is 4.79 Å². The smallest absolute Gasteiger partial charge is 0.365 e. The molecular formula is C20H22F3N3O. The number of halogens is 3. The molecule has 1 fully saturated rings. The largest absolute Gasteiger partial charge is 0.416 e. The molecule has 1 saturated heterocycles. The molecule has 1 aliphatic heterocycles. The van der Waals surface area contributed by atoms with Crippen LogP contribution in [0.2, 0.25) is 0 Å². The van der Waals surface area contributed by atoms with Crippen molar-refractivity contribution in [2.45, 2.75) is 25.6 Å². The molecule has 1 N–H and O–H groups in total. The summed E-state index contributed by atoms with van der Waals surface area (Å²) >= 11 is 0. The summed E-state index contributed by atoms with van der Waals surface area (Å²) in [6, 6.07) is 14.5. The summed E-state index contributed by atoms with van der Waals surface area (Å²) in [5.74, 6) is 0. The van der Waals surface area contributed by atoms with Gasteiger partial charge in [0.15, 0.2) is 0 Å². The van der Waals surface area contributed by atoms with Crippen LogP contribution in [-0.2, 0) is 6.18 Å². The minimum absolute atomic E-state index is 0.145. The van der Waals surface area contributed by atoms with Crippen LogP contribution in [0.5, 0.6) is 0 Å². The molecule has 0 spiro atoms. The van der Waals surface area contributed by atoms with Gasteiger partial charge in [-0.15, -0.1) is 0 Å². The molecule has 0 aromatic heterocycles. The highest BCUT2D eigenvalue weighted by atomic mass is 19.4. The van der Waals surface area contributed by atoms with E-state index in [4.69, 9.17) is 0 Å². The molecule has 4 nitrogen and oxygen atoms in total. The summed E-state index contributed by atoms with van der Waals surface area (Å²) in [5, 5.41) is 2.56. The third kappa shape index (κ3) is 4.53. The lowest BCUT2D eigenvalue weighted by atomic mass is 10.1. The zero-order chi connectivity index (χ0) is 19.4. The second kappa shape index (κ2) is 7.90. The molecule has 0 saturated carbocycles. The summed E-state index contributed by atoms with van der Waals surface area (Å²) < 4.78 is 38.4. The maximum Gasteiger partial charge on any atom is 0.416 e. The van der Waals surface area contributed by atoms with E-state index < -0.39 is 11.7 Å². The number of alkyl halides is 3. The lowest BCUT2D eigenvalue weighted by molar-refractivity contribution is -0.137. The van der Waals surface area contributed by atoms with Crippen molar-refractivity contribution in [3.05, 3.63) is 60.2 Å². The molecule has 3 rings (SSSR count). The first kappa shape index (κ1) is 19.1. The molecule has 0 bridgehead atoms. The van der Waals surface area contributed by atoms with Gasteiger partial charge in [-0.1, -0.05) is 31.2 Å². The lowest BCUT2D eigenvalue weighted by Crippen LogP contribution is -2.62. The maximum absolute atomic E-state index is 12.8. The van der Waals surface area contributed by atoms with Crippen LogP contribution >= 0.6 is 0 Å². The number of hydrogen-bond donors (Lipinski definition) is 1. The predicted molar refractivity (Wildman–Crippen MR) is 99.9 cm³/mol. The first-order valence-electron chi connectivity index (χ1n) is 8.93. The number of rotatable bonds is 5. The van der Waals surface area contributed by atoms with E-state index in [1.54, 1.807) is 4.90 Å². The maximum atomic E-state index is 12.8. The van der Waals surface area contributed by atoms with Crippen LogP contribution in [0.4, 0.5) is 29.3 Å². The van der Waals surface area contributed by atoms with Crippen molar-refractivity contribution < 1.29 is 18.0 Å². The number of likely N-dealkylation sites (tertiary alicyclic amines) is 1. The van der Waals surface area contributed by atoms with Crippen LogP contribution in [0.1, 0.15) is 18.9 Å². The fourth-order valence-electron chi connectivity index (χ4n) is 3.18. The van der Waals surface area contributed by atoms with Gasteiger partial charge in [0.05, 0.1) is 11.6 Å². The number of hydrogen-bond acceptors (Lipinski definition) is 2. The van der Waals surface area contributed by atoms with E-state index in [-0.39, 0.29) is 17.8 Å². The molecule has 0 atom stereocenters. The monoisotopic (exact) mass is 377 g/mol. The lowest BCUT2D eigenvalue weighted by Gasteiger charge is -2.46. The second-order valence-electron chi connectivity index (χ2n) is 6.60. The third-order valence-corrected chi connectivity index (χ3v) is 4.58. The van der Waals surface area contributed by atoms with Crippen LogP contribution in [0.15, 0.2) is 54.6 Å². The van der Waals surface area contributed by atoms with E-state index in [9.17, 15) is 18.0 Å². The van der Waals surface area contributed by atoms with Gasteiger partial charge in [-0.2, -0.15) is 13.2 Å². The van der Waals surface area contributed by atoms with Crippen molar-refractivity contribution in [2.24, 2.45) is 0 Å². The van der Waals surface area contributed by atoms with E-state index in [2.05, 4.69) is 17.1 Å². The average molecular weight is 377 g/mol. The van der Waals surface area contributed by atoms with Gasteiger partial charge in [0.25, 0.3) is 0 Å². The van der Waals surface area contributed by atoms with Gasteiger partial charge in [0, 0.05) is 31.0 Å². The number of nitrogens with one attached hydrogen (secondary N) is 1. The molecule has 0 aliphatic carbocycles. The first-order chi connectivity index (χ1) is 12.9. The Morgan fingerprint density at radius 1 is 1.15 bits per heavy atom. The Balaban J connectivity index is 1.59. The van der Waals surface area contributed by atoms with Gasteiger partial charge in [-0.3, -0.25) is 0 Å². The first-order valence-corrected chi connectivity index (χ1v) is 8.93. The molecule has 0 radical (unpaired) electrons. The Kier molecular flexibility index (Phi) is 5.58. The summed E-state index contributed by atoms with van der Waals surface area (Å²) in [6.07, 6.45) is -3.44. The van der Waals surface area contributed by atoms with Gasteiger partial charge >= 0.3 is 12.2 Å². The van der Waals surface area contributed by atoms with Gasteiger partial charge in [-0.05, 0) is 36.8 Å². The molecule has 2 amide bonds. The van der Waals surface area contributed by atoms with E-state index >= 15 is 0 Å². The quantitative estimate of drug-likeness (QED) is 0.809. The van der Waals surface area contributed by atoms with Crippen molar-refractivity contribution >= 4 is 17.4 Å². The van der Waals surface area contributed by atoms with Gasteiger partial charge < -0.3 is 15.1 Å². The number of para-hydroxylation sites is 1. The molecule has 0 unspecified atom stereocenters. The highest BCUT2D eigenvalue weighted by molar-refractivity contribution is 5.90. The van der Waals surface area contributed by atoms with Crippen molar-refractivity contribution in [2.75, 3.05) is 29.9 Å². The zero-order valence-electron chi connectivity index (χ0n) is 15.0. The molecular weight excluding hydrogens is 355 g/mol. The predicted octanol–water partition coefficient (Wildman–Crippen LogP) is 4.84. The number of anilines is 2. The third-order valence-electron chi connectivity index (χ3n) is 4.58. The van der Waals surface area contributed by atoms with E-state index in [0.717, 1.165) is 30.8 Å². The average Bonchev–Trinajstić information content (AvgIpc) is 2.60. The topological polar surface area (TPSA) is 35.6 Å². The minimum Gasteiger partial charge on any atom is -0.365 e. The van der Waals surface area contributed by atoms with Gasteiger partial charge in [0.1, 0.15) is 0 Å². The fraction of sp³-hybridized carbons (Fsp3) is 0.350. The molecule has 1 heterocycles. The zero-order valence-corrected chi connectivity index (χ0v) is 15.0. The highest BCUT2D eigenvalue weighted by Crippen LogP contribution is 2.31. The SMILES string of the molecule is CCCN(c1ccccc1)C1CN(C(=O)Nc2cccc(C(F)(F)F)c2)C1. The number of urea groups is 1. The molecule has 2 aromatic carbocycles. The Morgan fingerprint density at radius 2 is 1.85 bits per heavy atom. The standard InChI is InChI=1S/C20H22F3N3O/c1-2-11-26(17-9-4-3-5-10-17)18-13-25(14-18)19(27)24-16-8-6-7-15(12-16)20(21,22)23/h3-10,12,18H,2,11,13-14H2,1H3,(H,24,27). The minimum atomic E-state index is -4.43. The second-order valence-corrected chi connectivity index (χ2v) is 6.60. The Labute approximate surface area is 156 Å². The van der Waals surface area contributed by atoms with Gasteiger partial charge in [0.2, 0.25) is 0 Å². The number of nitrogens with zero attached hydrogens (tertiary/aromatic N) is 2. The molecule has 7 heteroatoms. The van der Waals surface area contributed by atoms with Crippen LogP contribution in [0.25, 0.3) is 0 Å². The number of carbonyl (C=O) groups excluding carboxylic acids is 1. The summed E-state index contributed by atoms with van der Waals surface area (Å²) in [5.41, 5.74) is 0.481. The van der Waals surface area contributed by atoms with Crippen molar-refractivity contribution in [1.82, 2.24) is 4.90 Å². The van der Waals surface area contributed by atoms with E-state index in [1.807, 2.05) is 30.3 Å². The van der Waals surface area contributed by atoms with Crippen molar-refractivity contribution in [3.63, 3.8) is 0 Å². The Hall–Kier alpha value is -2.70. The number of amides is 2. The van der Waals surface area contributed by atoms with Crippen LogP contribution in [0.3, 0.4) is 0 Å². The normalized spacial score (nSPS) is 14.6. The Bertz CT molecular complexity index is 774. The molecule has 1 aliphatic rings. The van der Waals surface area contributed by atoms with Crippen LogP contribution < -0.4 is 10.2 Å². The molecule has 144 valence electrons. The van der Waals surface area contributed by atoms with Crippen molar-refractivity contribution in [3.8, 4) is 0 Å². The summed E-state index contributed by atoms with van der Waals surface area (Å²) in [6.45, 7) is 4.07. The molecule has 2 aromatic rings. The van der Waals surface area contributed by atoms with Crippen LogP contribution in [0, 0.1) is 0 Å². The number of carbonyl (C=O) groups is 1. The Morgan fingerprint density at radius 3 is 2.48 bits per heavy atom. The fourth-order valence-corrected chi connectivity index (χ4v) is 3.18. The van der Waals surface area contributed by atoms with Crippen LogP contribution in [-0.4, -0.2) is 36.6 Å². The summed E-state index contributed by atoms with van der Waals surface area (Å²) in [7, 11) is 0. The van der Waals surface area contributed by atoms with E-state index in [0.29, 0.717) is 13.1 Å². The van der Waals surface area contributed by atoms with Crippen molar-refractivity contribution in [1.29, 1.82) is 0 Å².